The quantitative estimate of drug-likeness (QED) is 0.415. The first-order chi connectivity index (χ1) is 17.3. The molecule has 5 rings (SSSR count). The third kappa shape index (κ3) is 4.61. The lowest BCUT2D eigenvalue weighted by molar-refractivity contribution is -0.0489. The van der Waals surface area contributed by atoms with E-state index in [1.807, 2.05) is 11.6 Å². The SMILES string of the molecule is Cc1c(-c2cc(OC(CO)c3ccc(F)cn3)c3c(OC(F)F)cnn3c2)nn2c1CCN(C)CC2. The van der Waals surface area contributed by atoms with E-state index >= 15 is 0 Å². The monoisotopic (exact) mass is 502 g/mol. The first kappa shape index (κ1) is 24.1. The fraction of sp³-hybridized carbons (Fsp3) is 0.375. The van der Waals surface area contributed by atoms with Gasteiger partial charge in [0.2, 0.25) is 0 Å². The third-order valence-electron chi connectivity index (χ3n) is 6.29. The number of halogens is 3. The molecule has 1 atom stereocenters. The maximum Gasteiger partial charge on any atom is 0.387 e. The molecule has 0 bridgehead atoms. The molecule has 0 spiro atoms. The molecule has 9 nitrogen and oxygen atoms in total. The highest BCUT2D eigenvalue weighted by Crippen LogP contribution is 2.37. The summed E-state index contributed by atoms with van der Waals surface area (Å²) in [6.45, 7) is 0.974. The van der Waals surface area contributed by atoms with Crippen LogP contribution in [-0.2, 0) is 13.0 Å². The molecule has 1 unspecified atom stereocenters. The van der Waals surface area contributed by atoms with Crippen LogP contribution in [0.5, 0.6) is 11.5 Å². The van der Waals surface area contributed by atoms with Crippen molar-refractivity contribution >= 4 is 5.52 Å². The fourth-order valence-corrected chi connectivity index (χ4v) is 4.42. The van der Waals surface area contributed by atoms with E-state index in [1.165, 1.54) is 22.8 Å². The Labute approximate surface area is 204 Å². The van der Waals surface area contributed by atoms with Crippen LogP contribution in [0.15, 0.2) is 36.8 Å². The zero-order valence-corrected chi connectivity index (χ0v) is 19.7. The van der Waals surface area contributed by atoms with Crippen molar-refractivity contribution in [3.8, 4) is 22.8 Å². The predicted octanol–water partition coefficient (Wildman–Crippen LogP) is 3.24. The first-order valence-corrected chi connectivity index (χ1v) is 11.4. The normalized spacial score (nSPS) is 15.2. The van der Waals surface area contributed by atoms with E-state index in [1.54, 1.807) is 12.3 Å². The first-order valence-electron chi connectivity index (χ1n) is 11.4. The van der Waals surface area contributed by atoms with Crippen LogP contribution >= 0.6 is 0 Å². The lowest BCUT2D eigenvalue weighted by atomic mass is 10.1. The van der Waals surface area contributed by atoms with Gasteiger partial charge in [0.05, 0.1) is 36.9 Å². The topological polar surface area (TPSA) is 89.9 Å². The summed E-state index contributed by atoms with van der Waals surface area (Å²) in [6, 6.07) is 4.24. The van der Waals surface area contributed by atoms with Crippen molar-refractivity contribution in [3.05, 3.63) is 59.6 Å². The summed E-state index contributed by atoms with van der Waals surface area (Å²) in [5.41, 5.74) is 3.92. The summed E-state index contributed by atoms with van der Waals surface area (Å²) in [7, 11) is 2.07. The minimum absolute atomic E-state index is 0.133. The van der Waals surface area contributed by atoms with E-state index in [0.29, 0.717) is 11.3 Å². The van der Waals surface area contributed by atoms with Crippen molar-refractivity contribution in [1.82, 2.24) is 29.3 Å². The number of rotatable bonds is 7. The molecule has 0 saturated carbocycles. The van der Waals surface area contributed by atoms with E-state index in [4.69, 9.17) is 9.84 Å². The van der Waals surface area contributed by atoms with Crippen LogP contribution in [0.2, 0.25) is 0 Å². The molecule has 12 heteroatoms. The van der Waals surface area contributed by atoms with Gasteiger partial charge < -0.3 is 19.5 Å². The van der Waals surface area contributed by atoms with Gasteiger partial charge in [-0.1, -0.05) is 0 Å². The number of nitrogens with zero attached hydrogens (tertiary/aromatic N) is 6. The average molecular weight is 502 g/mol. The van der Waals surface area contributed by atoms with E-state index in [2.05, 4.69) is 26.8 Å². The molecule has 1 aliphatic rings. The Hall–Kier alpha value is -3.64. The fourth-order valence-electron chi connectivity index (χ4n) is 4.42. The lowest BCUT2D eigenvalue weighted by Crippen LogP contribution is -2.21. The summed E-state index contributed by atoms with van der Waals surface area (Å²) in [4.78, 5) is 6.23. The Morgan fingerprint density at radius 1 is 1.11 bits per heavy atom. The molecule has 36 heavy (non-hydrogen) atoms. The second kappa shape index (κ2) is 9.78. The van der Waals surface area contributed by atoms with Gasteiger partial charge in [-0.05, 0) is 37.7 Å². The molecular weight excluding hydrogens is 477 g/mol. The van der Waals surface area contributed by atoms with Gasteiger partial charge >= 0.3 is 6.61 Å². The highest BCUT2D eigenvalue weighted by Gasteiger charge is 2.24. The number of likely N-dealkylation sites (N-methyl/N-ethyl adjacent to an activating group) is 1. The number of fused-ring (bicyclic) bond motifs is 2. The van der Waals surface area contributed by atoms with Gasteiger partial charge in [-0.2, -0.15) is 19.0 Å². The van der Waals surface area contributed by atoms with Crippen LogP contribution < -0.4 is 9.47 Å². The number of ether oxygens (including phenoxy) is 2. The Balaban J connectivity index is 1.61. The van der Waals surface area contributed by atoms with Crippen LogP contribution in [0.4, 0.5) is 13.2 Å². The molecule has 1 N–H and O–H groups in total. The van der Waals surface area contributed by atoms with E-state index < -0.39 is 25.1 Å². The zero-order chi connectivity index (χ0) is 25.4. The molecule has 1 aliphatic heterocycles. The molecule has 4 aromatic rings. The second-order valence-electron chi connectivity index (χ2n) is 8.66. The largest absolute Gasteiger partial charge is 0.479 e. The van der Waals surface area contributed by atoms with E-state index in [0.717, 1.165) is 43.5 Å². The molecule has 0 aromatic carbocycles. The summed E-state index contributed by atoms with van der Waals surface area (Å²) >= 11 is 0. The summed E-state index contributed by atoms with van der Waals surface area (Å²) < 4.78 is 53.6. The van der Waals surface area contributed by atoms with E-state index in [9.17, 15) is 18.3 Å². The van der Waals surface area contributed by atoms with Crippen LogP contribution in [0.3, 0.4) is 0 Å². The van der Waals surface area contributed by atoms with Gasteiger partial charge in [-0.25, -0.2) is 8.91 Å². The molecular formula is C24H25F3N6O3. The maximum absolute atomic E-state index is 13.4. The Bertz CT molecular complexity index is 1370. The molecule has 0 fully saturated rings. The van der Waals surface area contributed by atoms with Gasteiger partial charge in [-0.3, -0.25) is 9.67 Å². The summed E-state index contributed by atoms with van der Waals surface area (Å²) in [5.74, 6) is -0.590. The molecule has 0 amide bonds. The number of aromatic nitrogens is 5. The number of aliphatic hydroxyl groups excluding tert-OH is 1. The minimum atomic E-state index is -3.07. The second-order valence-corrected chi connectivity index (χ2v) is 8.66. The lowest BCUT2D eigenvalue weighted by Gasteiger charge is -2.18. The highest BCUT2D eigenvalue weighted by atomic mass is 19.3. The Kier molecular flexibility index (Phi) is 6.54. The Morgan fingerprint density at radius 2 is 1.94 bits per heavy atom. The number of aliphatic hydroxyl groups is 1. The summed E-state index contributed by atoms with van der Waals surface area (Å²) in [5, 5.41) is 19.0. The average Bonchev–Trinajstić information content (AvgIpc) is 3.33. The van der Waals surface area contributed by atoms with Gasteiger partial charge in [-0.15, -0.1) is 0 Å². The molecule has 190 valence electrons. The minimum Gasteiger partial charge on any atom is -0.479 e. The van der Waals surface area contributed by atoms with Crippen LogP contribution in [-0.4, -0.2) is 67.7 Å². The van der Waals surface area contributed by atoms with Crippen molar-refractivity contribution in [3.63, 3.8) is 0 Å². The highest BCUT2D eigenvalue weighted by molar-refractivity contribution is 5.75. The number of pyridine rings is 2. The number of hydrogen-bond acceptors (Lipinski definition) is 7. The number of alkyl halides is 2. The van der Waals surface area contributed by atoms with Crippen molar-refractivity contribution in [2.24, 2.45) is 0 Å². The summed E-state index contributed by atoms with van der Waals surface area (Å²) in [6.07, 6.45) is 3.71. The Morgan fingerprint density at radius 3 is 2.67 bits per heavy atom. The van der Waals surface area contributed by atoms with E-state index in [-0.39, 0.29) is 22.7 Å². The van der Waals surface area contributed by atoms with Crippen molar-refractivity contribution in [1.29, 1.82) is 0 Å². The van der Waals surface area contributed by atoms with Crippen molar-refractivity contribution < 1.29 is 27.8 Å². The maximum atomic E-state index is 13.4. The smallest absolute Gasteiger partial charge is 0.387 e. The third-order valence-corrected chi connectivity index (χ3v) is 6.29. The molecule has 4 aromatic heterocycles. The number of hydrogen-bond donors (Lipinski definition) is 1. The van der Waals surface area contributed by atoms with Gasteiger partial charge in [0, 0.05) is 37.0 Å². The van der Waals surface area contributed by atoms with Crippen LogP contribution in [0, 0.1) is 12.7 Å². The van der Waals surface area contributed by atoms with Gasteiger partial charge in [0.15, 0.2) is 23.1 Å². The van der Waals surface area contributed by atoms with Crippen molar-refractivity contribution in [2.75, 3.05) is 26.7 Å². The van der Waals surface area contributed by atoms with Crippen LogP contribution in [0.1, 0.15) is 23.1 Å². The molecule has 0 aliphatic carbocycles. The standard InChI is InChI=1S/C24H25F3N6O3/c1-14-18-5-6-31(2)7-8-32(18)30-22(14)15-9-19(23-20(36-24(26)27)11-29-33(23)12-15)35-21(13-34)17-4-3-16(25)10-28-17/h3-4,9-12,21,24,34H,5-8,13H2,1-2H3. The molecule has 5 heterocycles. The van der Waals surface area contributed by atoms with Crippen molar-refractivity contribution in [2.45, 2.75) is 32.6 Å². The van der Waals surface area contributed by atoms with Crippen LogP contribution in [0.25, 0.3) is 16.8 Å². The molecule has 0 saturated heterocycles. The predicted molar refractivity (Wildman–Crippen MR) is 124 cm³/mol. The van der Waals surface area contributed by atoms with Gasteiger partial charge in [0.25, 0.3) is 0 Å². The van der Waals surface area contributed by atoms with Gasteiger partial charge in [0.1, 0.15) is 5.82 Å². The zero-order valence-electron chi connectivity index (χ0n) is 19.7. The molecule has 0 radical (unpaired) electrons.